The molecule has 114 valence electrons. The van der Waals surface area contributed by atoms with Crippen molar-refractivity contribution in [1.82, 2.24) is 20.2 Å². The highest BCUT2D eigenvalue weighted by Crippen LogP contribution is 2.31. The summed E-state index contributed by atoms with van der Waals surface area (Å²) in [6.07, 6.45) is 4.11. The third-order valence-electron chi connectivity index (χ3n) is 3.46. The minimum atomic E-state index is 0.507. The lowest BCUT2D eigenvalue weighted by Crippen LogP contribution is -1.93. The molecule has 3 aromatic heterocycles. The fourth-order valence-electron chi connectivity index (χ4n) is 2.28. The van der Waals surface area contributed by atoms with Gasteiger partial charge in [-0.05, 0) is 42.3 Å². The molecule has 6 nitrogen and oxygen atoms in total. The number of rotatable bonds is 4. The topological polar surface area (TPSA) is 76.7 Å². The van der Waals surface area contributed by atoms with E-state index >= 15 is 0 Å². The summed E-state index contributed by atoms with van der Waals surface area (Å²) in [5.74, 6) is 1.31. The Bertz CT molecular complexity index is 948. The number of thiazole rings is 1. The third-order valence-corrected chi connectivity index (χ3v) is 4.40. The molecule has 4 aromatic rings. The molecule has 7 heteroatoms. The van der Waals surface area contributed by atoms with Gasteiger partial charge >= 0.3 is 0 Å². The number of aryl methyl sites for hydroxylation is 1. The molecule has 0 radical (unpaired) electrons. The molecule has 1 aromatic carbocycles. The number of nitrogens with one attached hydrogen (secondary N) is 1. The minimum absolute atomic E-state index is 0.507. The second kappa shape index (κ2) is 5.77. The second-order valence-corrected chi connectivity index (χ2v) is 6.00. The van der Waals surface area contributed by atoms with E-state index in [1.807, 2.05) is 36.5 Å². The van der Waals surface area contributed by atoms with E-state index in [2.05, 4.69) is 32.4 Å². The maximum Gasteiger partial charge on any atom is 0.247 e. The van der Waals surface area contributed by atoms with Crippen LogP contribution in [0.3, 0.4) is 0 Å². The van der Waals surface area contributed by atoms with Crippen LogP contribution in [0.1, 0.15) is 12.5 Å². The number of aromatic nitrogens is 4. The highest BCUT2D eigenvalue weighted by molar-refractivity contribution is 7.22. The Balaban J connectivity index is 1.66. The van der Waals surface area contributed by atoms with Gasteiger partial charge in [0.1, 0.15) is 5.82 Å². The number of fused-ring (bicyclic) bond motifs is 1. The number of hydrogen-bond acceptors (Lipinski definition) is 7. The van der Waals surface area contributed by atoms with E-state index in [-0.39, 0.29) is 0 Å². The number of anilines is 2. The van der Waals surface area contributed by atoms with Gasteiger partial charge in [0.25, 0.3) is 0 Å². The number of hydrogen-bond donors (Lipinski definition) is 1. The number of pyridine rings is 1. The molecular weight excluding hydrogens is 310 g/mol. The highest BCUT2D eigenvalue weighted by atomic mass is 32.1. The zero-order chi connectivity index (χ0) is 15.6. The van der Waals surface area contributed by atoms with E-state index < -0.39 is 0 Å². The summed E-state index contributed by atoms with van der Waals surface area (Å²) in [4.78, 5) is 8.92. The van der Waals surface area contributed by atoms with Gasteiger partial charge in [0.15, 0.2) is 5.13 Å². The Morgan fingerprint density at radius 2 is 2.17 bits per heavy atom. The van der Waals surface area contributed by atoms with Crippen molar-refractivity contribution in [3.63, 3.8) is 0 Å². The van der Waals surface area contributed by atoms with Crippen molar-refractivity contribution in [2.75, 3.05) is 5.32 Å². The summed E-state index contributed by atoms with van der Waals surface area (Å²) < 4.78 is 6.28. The van der Waals surface area contributed by atoms with E-state index in [1.54, 1.807) is 11.3 Å². The van der Waals surface area contributed by atoms with E-state index in [4.69, 9.17) is 4.42 Å². The third kappa shape index (κ3) is 2.78. The molecule has 0 fully saturated rings. The molecule has 0 atom stereocenters. The molecule has 3 heterocycles. The van der Waals surface area contributed by atoms with E-state index in [0.29, 0.717) is 5.89 Å². The van der Waals surface area contributed by atoms with Crippen LogP contribution < -0.4 is 5.32 Å². The van der Waals surface area contributed by atoms with Gasteiger partial charge in [0.2, 0.25) is 12.3 Å². The van der Waals surface area contributed by atoms with Crippen molar-refractivity contribution in [1.29, 1.82) is 0 Å². The molecule has 0 aliphatic carbocycles. The van der Waals surface area contributed by atoms with Gasteiger partial charge in [-0.2, -0.15) is 0 Å². The van der Waals surface area contributed by atoms with Crippen LogP contribution in [-0.2, 0) is 6.42 Å². The van der Waals surface area contributed by atoms with Gasteiger partial charge in [-0.15, -0.1) is 10.2 Å². The number of nitrogens with zero attached hydrogens (tertiary/aromatic N) is 4. The van der Waals surface area contributed by atoms with Crippen molar-refractivity contribution >= 4 is 32.5 Å². The smallest absolute Gasteiger partial charge is 0.247 e. The van der Waals surface area contributed by atoms with Gasteiger partial charge in [-0.3, -0.25) is 0 Å². The molecule has 0 saturated heterocycles. The predicted octanol–water partition coefficient (Wildman–Crippen LogP) is 4.05. The van der Waals surface area contributed by atoms with Crippen LogP contribution in [0.25, 0.3) is 21.7 Å². The molecule has 0 amide bonds. The van der Waals surface area contributed by atoms with Gasteiger partial charge in [0, 0.05) is 11.8 Å². The molecule has 0 bridgehead atoms. The Kier molecular flexibility index (Phi) is 3.47. The summed E-state index contributed by atoms with van der Waals surface area (Å²) in [5, 5.41) is 11.7. The molecule has 0 unspecified atom stereocenters. The fraction of sp³-hybridized carbons (Fsp3) is 0.125. The van der Waals surface area contributed by atoms with Crippen LogP contribution in [0.4, 0.5) is 10.9 Å². The lowest BCUT2D eigenvalue weighted by Gasteiger charge is -2.02. The Morgan fingerprint density at radius 3 is 3.00 bits per heavy atom. The van der Waals surface area contributed by atoms with Crippen LogP contribution in [0.5, 0.6) is 0 Å². The zero-order valence-electron chi connectivity index (χ0n) is 12.4. The van der Waals surface area contributed by atoms with Crippen LogP contribution in [-0.4, -0.2) is 20.2 Å². The fourth-order valence-corrected chi connectivity index (χ4v) is 3.19. The van der Waals surface area contributed by atoms with Crippen LogP contribution in [0.2, 0.25) is 0 Å². The first-order valence-corrected chi connectivity index (χ1v) is 8.02. The molecule has 0 spiro atoms. The first kappa shape index (κ1) is 13.8. The molecule has 0 aliphatic heterocycles. The minimum Gasteiger partial charge on any atom is -0.423 e. The number of benzene rings is 1. The standard InChI is InChI=1S/C16H13N5OS/c1-2-10-5-6-17-14(7-10)20-16-19-12-4-3-11(8-13(12)23-16)15-21-18-9-22-15/h3-9H,2H2,1H3,(H,17,19,20). The van der Waals surface area contributed by atoms with Gasteiger partial charge in [-0.1, -0.05) is 18.3 Å². The Labute approximate surface area is 136 Å². The summed E-state index contributed by atoms with van der Waals surface area (Å²) in [6, 6.07) is 9.93. The van der Waals surface area contributed by atoms with Crippen molar-refractivity contribution in [3.05, 3.63) is 48.5 Å². The van der Waals surface area contributed by atoms with E-state index in [9.17, 15) is 0 Å². The molecule has 23 heavy (non-hydrogen) atoms. The molecule has 0 aliphatic rings. The molecule has 0 saturated carbocycles. The summed E-state index contributed by atoms with van der Waals surface area (Å²) in [5.41, 5.74) is 3.05. The first-order valence-electron chi connectivity index (χ1n) is 7.21. The maximum absolute atomic E-state index is 5.23. The van der Waals surface area contributed by atoms with Crippen LogP contribution >= 0.6 is 11.3 Å². The normalized spacial score (nSPS) is 11.0. The SMILES string of the molecule is CCc1ccnc(Nc2nc3ccc(-c4nnco4)cc3s2)c1. The highest BCUT2D eigenvalue weighted by Gasteiger charge is 2.09. The van der Waals surface area contributed by atoms with Gasteiger partial charge in [0.05, 0.1) is 10.2 Å². The average molecular weight is 323 g/mol. The Morgan fingerprint density at radius 1 is 1.22 bits per heavy atom. The summed E-state index contributed by atoms with van der Waals surface area (Å²) in [7, 11) is 0. The van der Waals surface area contributed by atoms with E-state index in [1.165, 1.54) is 12.0 Å². The predicted molar refractivity (Wildman–Crippen MR) is 89.8 cm³/mol. The molecule has 4 rings (SSSR count). The summed E-state index contributed by atoms with van der Waals surface area (Å²) >= 11 is 1.56. The maximum atomic E-state index is 5.23. The van der Waals surface area contributed by atoms with Crippen molar-refractivity contribution < 1.29 is 4.42 Å². The lowest BCUT2D eigenvalue weighted by atomic mass is 10.2. The largest absolute Gasteiger partial charge is 0.423 e. The lowest BCUT2D eigenvalue weighted by molar-refractivity contribution is 0.569. The van der Waals surface area contributed by atoms with Crippen molar-refractivity contribution in [2.24, 2.45) is 0 Å². The molecular formula is C16H13N5OS. The van der Waals surface area contributed by atoms with Gasteiger partial charge < -0.3 is 9.73 Å². The van der Waals surface area contributed by atoms with Crippen molar-refractivity contribution in [3.8, 4) is 11.5 Å². The van der Waals surface area contributed by atoms with E-state index in [0.717, 1.165) is 33.2 Å². The van der Waals surface area contributed by atoms with Crippen LogP contribution in [0.15, 0.2) is 47.3 Å². The quantitative estimate of drug-likeness (QED) is 0.610. The zero-order valence-corrected chi connectivity index (χ0v) is 13.2. The first-order chi connectivity index (χ1) is 11.3. The monoisotopic (exact) mass is 323 g/mol. The average Bonchev–Trinajstić information content (AvgIpc) is 3.23. The van der Waals surface area contributed by atoms with Crippen molar-refractivity contribution in [2.45, 2.75) is 13.3 Å². The molecule has 1 N–H and O–H groups in total. The van der Waals surface area contributed by atoms with Crippen LogP contribution in [0, 0.1) is 0 Å². The summed E-state index contributed by atoms with van der Waals surface area (Å²) in [6.45, 7) is 2.12. The Hall–Kier alpha value is -2.80. The van der Waals surface area contributed by atoms with Gasteiger partial charge in [-0.25, -0.2) is 9.97 Å². The second-order valence-electron chi connectivity index (χ2n) is 4.97.